The molecule has 0 unspecified atom stereocenters. The Morgan fingerprint density at radius 2 is 1.79 bits per heavy atom. The van der Waals surface area contributed by atoms with Crippen LogP contribution in [0.3, 0.4) is 0 Å². The van der Waals surface area contributed by atoms with Gasteiger partial charge in [0.05, 0.1) is 0 Å². The number of hydrogen-bond acceptors (Lipinski definition) is 5. The summed E-state index contributed by atoms with van der Waals surface area (Å²) in [5, 5.41) is 0. The minimum atomic E-state index is 0.0657. The number of hydrogen-bond donors (Lipinski definition) is 0. The summed E-state index contributed by atoms with van der Waals surface area (Å²) in [4.78, 5) is 18.1. The van der Waals surface area contributed by atoms with Gasteiger partial charge in [-0.3, -0.25) is 9.69 Å². The van der Waals surface area contributed by atoms with E-state index in [1.807, 2.05) is 47.0 Å². The maximum Gasteiger partial charge on any atom is 0.246 e. The van der Waals surface area contributed by atoms with Crippen molar-refractivity contribution in [2.75, 3.05) is 45.3 Å². The lowest BCUT2D eigenvalue weighted by atomic mass is 10.2. The smallest absolute Gasteiger partial charge is 0.246 e. The molecular weight excluding hydrogens is 372 g/mol. The lowest BCUT2D eigenvalue weighted by Crippen LogP contribution is -2.48. The number of ether oxygens (including phenoxy) is 2. The molecule has 0 N–H and O–H groups in total. The SMILES string of the molecule is O=C(/C=C/c1ccc2c(c1)OCO2)N1CCN(CCSc2ccccc2)CC1. The average molecular weight is 397 g/mol. The summed E-state index contributed by atoms with van der Waals surface area (Å²) in [5.41, 5.74) is 0.939. The van der Waals surface area contributed by atoms with E-state index in [9.17, 15) is 4.79 Å². The molecule has 2 aliphatic heterocycles. The number of piperazine rings is 1. The normalized spacial score (nSPS) is 16.6. The highest BCUT2D eigenvalue weighted by Gasteiger charge is 2.19. The first-order valence-electron chi connectivity index (χ1n) is 9.55. The van der Waals surface area contributed by atoms with Crippen LogP contribution in [0.5, 0.6) is 11.5 Å². The fourth-order valence-corrected chi connectivity index (χ4v) is 4.23. The van der Waals surface area contributed by atoms with Gasteiger partial charge in [-0.25, -0.2) is 0 Å². The van der Waals surface area contributed by atoms with E-state index in [-0.39, 0.29) is 12.7 Å². The molecule has 146 valence electrons. The van der Waals surface area contributed by atoms with Gasteiger partial charge < -0.3 is 14.4 Å². The molecule has 1 amide bonds. The summed E-state index contributed by atoms with van der Waals surface area (Å²) >= 11 is 1.88. The zero-order valence-corrected chi connectivity index (χ0v) is 16.6. The van der Waals surface area contributed by atoms with E-state index in [1.54, 1.807) is 6.08 Å². The van der Waals surface area contributed by atoms with Crippen LogP contribution in [0.1, 0.15) is 5.56 Å². The molecular formula is C22H24N2O3S. The Balaban J connectivity index is 1.20. The Hall–Kier alpha value is -2.44. The number of benzene rings is 2. The van der Waals surface area contributed by atoms with Crippen LogP contribution < -0.4 is 9.47 Å². The first-order valence-corrected chi connectivity index (χ1v) is 10.5. The molecule has 0 spiro atoms. The standard InChI is InChI=1S/C22H24N2O3S/c25-22(9-7-18-6-8-20-21(16-18)27-17-26-20)24-12-10-23(11-13-24)14-15-28-19-4-2-1-3-5-19/h1-9,16H,10-15,17H2/b9-7+. The highest BCUT2D eigenvalue weighted by atomic mass is 32.2. The van der Waals surface area contributed by atoms with Crippen LogP contribution in [0.4, 0.5) is 0 Å². The van der Waals surface area contributed by atoms with Crippen LogP contribution >= 0.6 is 11.8 Å². The molecule has 0 aromatic heterocycles. The summed E-state index contributed by atoms with van der Waals surface area (Å²) in [6.07, 6.45) is 3.49. The molecule has 5 nitrogen and oxygen atoms in total. The van der Waals surface area contributed by atoms with Gasteiger partial charge in [0.2, 0.25) is 12.7 Å². The van der Waals surface area contributed by atoms with Crippen molar-refractivity contribution in [3.8, 4) is 11.5 Å². The minimum Gasteiger partial charge on any atom is -0.454 e. The van der Waals surface area contributed by atoms with Gasteiger partial charge in [-0.05, 0) is 35.9 Å². The van der Waals surface area contributed by atoms with E-state index < -0.39 is 0 Å². The Labute approximate surface area is 169 Å². The van der Waals surface area contributed by atoms with Gasteiger partial charge in [0.15, 0.2) is 11.5 Å². The predicted octanol–water partition coefficient (Wildman–Crippen LogP) is 3.37. The van der Waals surface area contributed by atoms with Crippen LogP contribution in [-0.2, 0) is 4.79 Å². The maximum absolute atomic E-state index is 12.5. The van der Waals surface area contributed by atoms with Gasteiger partial charge in [-0.2, -0.15) is 0 Å². The fraction of sp³-hybridized carbons (Fsp3) is 0.318. The van der Waals surface area contributed by atoms with Gasteiger partial charge in [-0.15, -0.1) is 11.8 Å². The molecule has 0 atom stereocenters. The van der Waals surface area contributed by atoms with Crippen molar-refractivity contribution < 1.29 is 14.3 Å². The Kier molecular flexibility index (Phi) is 6.19. The monoisotopic (exact) mass is 396 g/mol. The Morgan fingerprint density at radius 3 is 2.61 bits per heavy atom. The molecule has 0 aliphatic carbocycles. The van der Waals surface area contributed by atoms with Crippen molar-refractivity contribution in [1.29, 1.82) is 0 Å². The molecule has 2 heterocycles. The van der Waals surface area contributed by atoms with Crippen LogP contribution in [0.15, 0.2) is 59.5 Å². The highest BCUT2D eigenvalue weighted by molar-refractivity contribution is 7.99. The summed E-state index contributed by atoms with van der Waals surface area (Å²) in [6, 6.07) is 16.2. The second kappa shape index (κ2) is 9.17. The molecule has 2 aliphatic rings. The highest BCUT2D eigenvalue weighted by Crippen LogP contribution is 2.32. The molecule has 28 heavy (non-hydrogen) atoms. The van der Waals surface area contributed by atoms with Crippen molar-refractivity contribution >= 4 is 23.7 Å². The molecule has 0 radical (unpaired) electrons. The molecule has 0 saturated carbocycles. The first-order chi connectivity index (χ1) is 13.8. The number of thioether (sulfide) groups is 1. The Morgan fingerprint density at radius 1 is 1.00 bits per heavy atom. The van der Waals surface area contributed by atoms with Gasteiger partial charge in [0, 0.05) is 49.4 Å². The van der Waals surface area contributed by atoms with E-state index in [1.165, 1.54) is 4.90 Å². The van der Waals surface area contributed by atoms with Gasteiger partial charge in [0.25, 0.3) is 0 Å². The number of rotatable bonds is 6. The van der Waals surface area contributed by atoms with E-state index in [0.29, 0.717) is 0 Å². The Bertz CT molecular complexity index is 833. The van der Waals surface area contributed by atoms with E-state index in [2.05, 4.69) is 29.2 Å². The summed E-state index contributed by atoms with van der Waals surface area (Å²) in [6.45, 7) is 4.72. The number of carbonyl (C=O) groups is 1. The van der Waals surface area contributed by atoms with Crippen molar-refractivity contribution in [1.82, 2.24) is 9.80 Å². The van der Waals surface area contributed by atoms with Crippen molar-refractivity contribution in [3.63, 3.8) is 0 Å². The molecule has 4 rings (SSSR count). The minimum absolute atomic E-state index is 0.0657. The zero-order valence-electron chi connectivity index (χ0n) is 15.8. The lowest BCUT2D eigenvalue weighted by Gasteiger charge is -2.34. The fourth-order valence-electron chi connectivity index (χ4n) is 3.29. The van der Waals surface area contributed by atoms with Crippen LogP contribution in [0.2, 0.25) is 0 Å². The summed E-state index contributed by atoms with van der Waals surface area (Å²) < 4.78 is 10.7. The van der Waals surface area contributed by atoms with Crippen molar-refractivity contribution in [3.05, 3.63) is 60.2 Å². The lowest BCUT2D eigenvalue weighted by molar-refractivity contribution is -0.127. The average Bonchev–Trinajstić information content (AvgIpc) is 3.21. The topological polar surface area (TPSA) is 42.0 Å². The second-order valence-corrected chi connectivity index (χ2v) is 7.94. The molecule has 2 aromatic carbocycles. The van der Waals surface area contributed by atoms with Gasteiger partial charge >= 0.3 is 0 Å². The van der Waals surface area contributed by atoms with Gasteiger partial charge in [0.1, 0.15) is 0 Å². The molecule has 2 aromatic rings. The van der Waals surface area contributed by atoms with Gasteiger partial charge in [-0.1, -0.05) is 24.3 Å². The van der Waals surface area contributed by atoms with Crippen molar-refractivity contribution in [2.45, 2.75) is 4.90 Å². The molecule has 6 heteroatoms. The molecule has 1 saturated heterocycles. The third kappa shape index (κ3) is 4.88. The predicted molar refractivity (Wildman–Crippen MR) is 112 cm³/mol. The van der Waals surface area contributed by atoms with Crippen molar-refractivity contribution in [2.24, 2.45) is 0 Å². The third-order valence-electron chi connectivity index (χ3n) is 4.92. The van der Waals surface area contributed by atoms with E-state index in [0.717, 1.165) is 55.5 Å². The third-order valence-corrected chi connectivity index (χ3v) is 5.91. The quantitative estimate of drug-likeness (QED) is 0.553. The van der Waals surface area contributed by atoms with Crippen LogP contribution in [0.25, 0.3) is 6.08 Å². The second-order valence-electron chi connectivity index (χ2n) is 6.77. The first kappa shape index (κ1) is 18.9. The molecule has 0 bridgehead atoms. The van der Waals surface area contributed by atoms with Crippen LogP contribution in [0, 0.1) is 0 Å². The van der Waals surface area contributed by atoms with E-state index in [4.69, 9.17) is 9.47 Å². The number of nitrogens with zero attached hydrogens (tertiary/aromatic N) is 2. The zero-order chi connectivity index (χ0) is 19.2. The summed E-state index contributed by atoms with van der Waals surface area (Å²) in [5.74, 6) is 2.62. The maximum atomic E-state index is 12.5. The number of carbonyl (C=O) groups excluding carboxylic acids is 1. The number of fused-ring (bicyclic) bond motifs is 1. The summed E-state index contributed by atoms with van der Waals surface area (Å²) in [7, 11) is 0. The largest absolute Gasteiger partial charge is 0.454 e. The molecule has 1 fully saturated rings. The van der Waals surface area contributed by atoms with Crippen LogP contribution in [-0.4, -0.2) is 61.0 Å². The number of amides is 1. The van der Waals surface area contributed by atoms with E-state index >= 15 is 0 Å².